The van der Waals surface area contributed by atoms with Crippen LogP contribution in [-0.2, 0) is 21.0 Å². The second kappa shape index (κ2) is 9.78. The Morgan fingerprint density at radius 2 is 1.79 bits per heavy atom. The van der Waals surface area contributed by atoms with Crippen molar-refractivity contribution < 1.29 is 33.3 Å². The van der Waals surface area contributed by atoms with Gasteiger partial charge in [-0.3, -0.25) is 5.32 Å². The molecule has 1 aromatic rings. The minimum absolute atomic E-state index is 0.0347. The Morgan fingerprint density at radius 1 is 1.25 bits per heavy atom. The number of benzene rings is 1. The molecule has 0 aromatic heterocycles. The van der Waals surface area contributed by atoms with E-state index in [9.17, 15) is 18.5 Å². The lowest BCUT2D eigenvalue weighted by molar-refractivity contribution is -0.204. The van der Waals surface area contributed by atoms with Gasteiger partial charge in [-0.1, -0.05) is 30.3 Å². The standard InChI is InChI=1S/C10H11F2NO3.C5H11NO2/c11-10(7-14,9(15)16-12)13-6-8-4-2-1-3-5-8;1-5(2,3)8-4(6)7/h1-5,13-14H,6-7H2;1-3H3,(H2,6,7)/t10-;/m1./s1. The predicted octanol–water partition coefficient (Wildman–Crippen LogP) is 1.74. The van der Waals surface area contributed by atoms with Gasteiger partial charge < -0.3 is 15.6 Å². The molecule has 1 amide bonds. The van der Waals surface area contributed by atoms with Gasteiger partial charge >= 0.3 is 12.1 Å². The Morgan fingerprint density at radius 3 is 2.12 bits per heavy atom. The number of carbonyl (C=O) groups excluding carboxylic acids is 2. The number of primary amides is 1. The molecule has 0 bridgehead atoms. The van der Waals surface area contributed by atoms with Crippen LogP contribution in [0.5, 0.6) is 0 Å². The lowest BCUT2D eigenvalue weighted by atomic mass is 10.2. The van der Waals surface area contributed by atoms with Crippen LogP contribution in [0.2, 0.25) is 0 Å². The third-order valence-electron chi connectivity index (χ3n) is 2.43. The topological polar surface area (TPSA) is 111 Å². The van der Waals surface area contributed by atoms with Gasteiger partial charge in [0.15, 0.2) is 0 Å². The van der Waals surface area contributed by atoms with E-state index in [4.69, 9.17) is 10.8 Å². The highest BCUT2D eigenvalue weighted by atomic mass is 19.3. The first-order valence-corrected chi connectivity index (χ1v) is 6.94. The van der Waals surface area contributed by atoms with Gasteiger partial charge in [-0.05, 0) is 26.3 Å². The number of nitrogens with two attached hydrogens (primary N) is 1. The largest absolute Gasteiger partial charge is 0.444 e. The van der Waals surface area contributed by atoms with E-state index in [0.29, 0.717) is 5.56 Å². The zero-order valence-corrected chi connectivity index (χ0v) is 13.7. The fourth-order valence-corrected chi connectivity index (χ4v) is 1.39. The number of aliphatic hydroxyl groups excluding tert-OH is 1. The highest BCUT2D eigenvalue weighted by Gasteiger charge is 2.40. The smallest absolute Gasteiger partial charge is 0.405 e. The second-order valence-electron chi connectivity index (χ2n) is 5.70. The molecule has 4 N–H and O–H groups in total. The first kappa shape index (κ1) is 21.7. The summed E-state index contributed by atoms with van der Waals surface area (Å²) in [5.74, 6) is -4.73. The third-order valence-corrected chi connectivity index (χ3v) is 2.43. The van der Waals surface area contributed by atoms with Crippen molar-refractivity contribution in [2.24, 2.45) is 5.73 Å². The molecule has 0 fully saturated rings. The monoisotopic (exact) mass is 348 g/mol. The molecule has 0 unspecified atom stereocenters. The van der Waals surface area contributed by atoms with E-state index in [1.54, 1.807) is 51.1 Å². The molecular weight excluding hydrogens is 326 g/mol. The van der Waals surface area contributed by atoms with Gasteiger partial charge in [-0.25, -0.2) is 18.9 Å². The zero-order chi connectivity index (χ0) is 18.8. The molecule has 0 saturated heterocycles. The number of halogens is 2. The van der Waals surface area contributed by atoms with Crippen molar-refractivity contribution in [2.45, 2.75) is 38.7 Å². The number of amides is 1. The number of alkyl halides is 1. The first-order chi connectivity index (χ1) is 11.0. The highest BCUT2D eigenvalue weighted by molar-refractivity contribution is 5.78. The summed E-state index contributed by atoms with van der Waals surface area (Å²) in [7, 11) is 0. The van der Waals surface area contributed by atoms with E-state index in [2.05, 4.69) is 15.0 Å². The number of aliphatic hydroxyl groups is 1. The Labute approximate surface area is 138 Å². The van der Waals surface area contributed by atoms with E-state index >= 15 is 0 Å². The average Bonchev–Trinajstić information content (AvgIpc) is 2.51. The molecule has 9 heteroatoms. The summed E-state index contributed by atoms with van der Waals surface area (Å²) in [4.78, 5) is 23.5. The number of rotatable bonds is 5. The van der Waals surface area contributed by atoms with Gasteiger partial charge in [0.05, 0.1) is 0 Å². The summed E-state index contributed by atoms with van der Waals surface area (Å²) >= 11 is 0. The molecule has 0 aliphatic rings. The predicted molar refractivity (Wildman–Crippen MR) is 81.8 cm³/mol. The van der Waals surface area contributed by atoms with Crippen molar-refractivity contribution in [1.29, 1.82) is 0 Å². The quantitative estimate of drug-likeness (QED) is 0.699. The normalized spacial score (nSPS) is 13.1. The molecule has 0 saturated carbocycles. The zero-order valence-electron chi connectivity index (χ0n) is 13.7. The van der Waals surface area contributed by atoms with Crippen LogP contribution in [0.25, 0.3) is 0 Å². The van der Waals surface area contributed by atoms with E-state index in [-0.39, 0.29) is 6.54 Å². The number of hydrogen-bond donors (Lipinski definition) is 3. The number of carbonyl (C=O) groups is 2. The molecular formula is C15H22F2N2O5. The van der Waals surface area contributed by atoms with Crippen LogP contribution < -0.4 is 11.1 Å². The number of nitrogens with one attached hydrogen (secondary N) is 1. The van der Waals surface area contributed by atoms with Crippen LogP contribution in [0.15, 0.2) is 30.3 Å². The lowest BCUT2D eigenvalue weighted by Crippen LogP contribution is -2.51. The summed E-state index contributed by atoms with van der Waals surface area (Å²) in [5.41, 5.74) is 4.95. The Bertz CT molecular complexity index is 522. The summed E-state index contributed by atoms with van der Waals surface area (Å²) in [6.45, 7) is 4.04. The van der Waals surface area contributed by atoms with Gasteiger partial charge in [-0.15, -0.1) is 0 Å². The van der Waals surface area contributed by atoms with Gasteiger partial charge in [-0.2, -0.15) is 0 Å². The maximum Gasteiger partial charge on any atom is 0.405 e. The van der Waals surface area contributed by atoms with Gasteiger partial charge in [0.2, 0.25) is 0 Å². The molecule has 0 heterocycles. The van der Waals surface area contributed by atoms with Gasteiger partial charge in [0.1, 0.15) is 12.2 Å². The first-order valence-electron chi connectivity index (χ1n) is 6.94. The molecule has 0 aliphatic heterocycles. The van der Waals surface area contributed by atoms with Crippen molar-refractivity contribution >= 4 is 12.1 Å². The molecule has 0 aliphatic carbocycles. The molecule has 24 heavy (non-hydrogen) atoms. The maximum absolute atomic E-state index is 13.5. The molecule has 7 nitrogen and oxygen atoms in total. The Hall–Kier alpha value is -2.26. The number of hydrogen-bond acceptors (Lipinski definition) is 6. The molecule has 0 radical (unpaired) electrons. The SMILES string of the molecule is CC(C)(C)OC(N)=O.O=C(OF)[C@@](F)(CO)NCc1ccccc1. The minimum atomic E-state index is -2.93. The maximum atomic E-state index is 13.5. The molecule has 1 atom stereocenters. The van der Waals surface area contributed by atoms with Gasteiger partial charge in [0, 0.05) is 11.1 Å². The third kappa shape index (κ3) is 9.01. The molecule has 1 rings (SSSR count). The molecule has 136 valence electrons. The lowest BCUT2D eigenvalue weighted by Gasteiger charge is -2.19. The summed E-state index contributed by atoms with van der Waals surface area (Å²) < 4.78 is 29.7. The fourth-order valence-electron chi connectivity index (χ4n) is 1.39. The van der Waals surface area contributed by atoms with E-state index in [0.717, 1.165) is 0 Å². The van der Waals surface area contributed by atoms with E-state index in [1.165, 1.54) is 0 Å². The minimum Gasteiger partial charge on any atom is -0.444 e. The van der Waals surface area contributed by atoms with Crippen LogP contribution >= 0.6 is 0 Å². The summed E-state index contributed by atoms with van der Waals surface area (Å²) in [6, 6.07) is 8.60. The van der Waals surface area contributed by atoms with Crippen molar-refractivity contribution in [3.05, 3.63) is 35.9 Å². The summed E-state index contributed by atoms with van der Waals surface area (Å²) in [5, 5.41) is 10.7. The van der Waals surface area contributed by atoms with Crippen LogP contribution in [0, 0.1) is 0 Å². The van der Waals surface area contributed by atoms with E-state index in [1.807, 2.05) is 0 Å². The van der Waals surface area contributed by atoms with Crippen molar-refractivity contribution in [1.82, 2.24) is 5.32 Å². The van der Waals surface area contributed by atoms with Crippen LogP contribution in [0.1, 0.15) is 26.3 Å². The highest BCUT2D eigenvalue weighted by Crippen LogP contribution is 2.11. The molecule has 0 spiro atoms. The average molecular weight is 348 g/mol. The van der Waals surface area contributed by atoms with Crippen LogP contribution in [-0.4, -0.2) is 35.2 Å². The fraction of sp³-hybridized carbons (Fsp3) is 0.467. The second-order valence-corrected chi connectivity index (χ2v) is 5.70. The van der Waals surface area contributed by atoms with Gasteiger partial charge in [0.25, 0.3) is 5.79 Å². The van der Waals surface area contributed by atoms with Crippen LogP contribution in [0.3, 0.4) is 0 Å². The summed E-state index contributed by atoms with van der Waals surface area (Å²) in [6.07, 6.45) is -0.725. The van der Waals surface area contributed by atoms with Crippen molar-refractivity contribution in [3.8, 4) is 0 Å². The van der Waals surface area contributed by atoms with Crippen molar-refractivity contribution in [3.63, 3.8) is 0 Å². The van der Waals surface area contributed by atoms with Crippen LogP contribution in [0.4, 0.5) is 13.7 Å². The number of ether oxygens (including phenoxy) is 1. The Kier molecular flexibility index (Phi) is 8.86. The van der Waals surface area contributed by atoms with Crippen molar-refractivity contribution in [2.75, 3.05) is 6.61 Å². The van der Waals surface area contributed by atoms with E-state index < -0.39 is 30.1 Å². The Balaban J connectivity index is 0.000000561. The molecule has 1 aromatic carbocycles.